The predicted octanol–water partition coefficient (Wildman–Crippen LogP) is 3.08. The van der Waals surface area contributed by atoms with Gasteiger partial charge < -0.3 is 0 Å². The van der Waals surface area contributed by atoms with Crippen LogP contribution in [0.25, 0.3) is 16.6 Å². The first-order valence-electron chi connectivity index (χ1n) is 6.12. The molecule has 0 aliphatic rings. The number of hydrogen-bond acceptors (Lipinski definition) is 3. The van der Waals surface area contributed by atoms with Gasteiger partial charge in [-0.25, -0.2) is 4.68 Å². The van der Waals surface area contributed by atoms with E-state index in [2.05, 4.69) is 11.2 Å². The lowest BCUT2D eigenvalue weighted by molar-refractivity contribution is 0.910. The van der Waals surface area contributed by atoms with Crippen LogP contribution in [0.15, 0.2) is 42.6 Å². The molecule has 0 saturated heterocycles. The van der Waals surface area contributed by atoms with Crippen LogP contribution < -0.4 is 0 Å². The summed E-state index contributed by atoms with van der Waals surface area (Å²) in [4.78, 5) is 0. The number of aryl methyl sites for hydroxylation is 1. The number of fused-ring (bicyclic) bond motifs is 1. The van der Waals surface area contributed by atoms with E-state index in [-0.39, 0.29) is 0 Å². The second-order valence-corrected chi connectivity index (χ2v) is 4.57. The topological polar surface area (TPSA) is 65.4 Å². The maximum absolute atomic E-state index is 9.11. The number of aromatic nitrogens is 2. The molecule has 0 aliphatic carbocycles. The van der Waals surface area contributed by atoms with Crippen LogP contribution in [0.5, 0.6) is 0 Å². The Morgan fingerprint density at radius 1 is 1.00 bits per heavy atom. The van der Waals surface area contributed by atoms with Gasteiger partial charge in [0.2, 0.25) is 0 Å². The quantitative estimate of drug-likeness (QED) is 0.673. The Morgan fingerprint density at radius 3 is 2.30 bits per heavy atom. The second-order valence-electron chi connectivity index (χ2n) is 4.57. The summed E-state index contributed by atoms with van der Waals surface area (Å²) in [6.07, 6.45) is 1.71. The van der Waals surface area contributed by atoms with Crippen molar-refractivity contribution in [2.45, 2.75) is 6.92 Å². The summed E-state index contributed by atoms with van der Waals surface area (Å²) in [6.45, 7) is 2.03. The zero-order chi connectivity index (χ0) is 14.1. The van der Waals surface area contributed by atoms with E-state index in [9.17, 15) is 0 Å². The Bertz CT molecular complexity index is 874. The largest absolute Gasteiger partial charge is 0.233 e. The van der Waals surface area contributed by atoms with Gasteiger partial charge >= 0.3 is 0 Å². The lowest BCUT2D eigenvalue weighted by Gasteiger charge is -2.04. The summed E-state index contributed by atoms with van der Waals surface area (Å²) in [5, 5.41) is 23.3. The lowest BCUT2D eigenvalue weighted by Crippen LogP contribution is -1.96. The molecular weight excluding hydrogens is 248 g/mol. The Hall–Kier alpha value is -3.11. The van der Waals surface area contributed by atoms with E-state index < -0.39 is 0 Å². The van der Waals surface area contributed by atoms with Crippen LogP contribution in [-0.4, -0.2) is 9.78 Å². The number of benzene rings is 2. The minimum atomic E-state index is 0.369. The molecule has 0 amide bonds. The standard InChI is InChI=1S/C16H10N4/c1-11-2-4-15(5-3-11)20-16-7-13(9-18)12(8-17)6-14(16)10-19-20/h2-7,10H,1H3. The van der Waals surface area contributed by atoms with Crippen molar-refractivity contribution in [2.75, 3.05) is 0 Å². The third kappa shape index (κ3) is 1.81. The molecule has 0 N–H and O–H groups in total. The molecule has 3 rings (SSSR count). The van der Waals surface area contributed by atoms with Crippen LogP contribution in [0, 0.1) is 29.6 Å². The monoisotopic (exact) mass is 258 g/mol. The zero-order valence-electron chi connectivity index (χ0n) is 10.8. The van der Waals surface area contributed by atoms with Crippen molar-refractivity contribution >= 4 is 10.9 Å². The van der Waals surface area contributed by atoms with Crippen LogP contribution in [0.2, 0.25) is 0 Å². The third-order valence-electron chi connectivity index (χ3n) is 3.23. The molecule has 0 unspecified atom stereocenters. The number of hydrogen-bond donors (Lipinski definition) is 0. The van der Waals surface area contributed by atoms with Gasteiger partial charge in [-0.05, 0) is 31.2 Å². The summed E-state index contributed by atoms with van der Waals surface area (Å²) < 4.78 is 1.77. The Labute approximate surface area is 116 Å². The maximum Gasteiger partial charge on any atom is 0.101 e. The van der Waals surface area contributed by atoms with Gasteiger partial charge in [-0.1, -0.05) is 17.7 Å². The Morgan fingerprint density at radius 2 is 1.65 bits per heavy atom. The van der Waals surface area contributed by atoms with Crippen molar-refractivity contribution in [3.05, 3.63) is 59.3 Å². The highest BCUT2D eigenvalue weighted by atomic mass is 15.3. The van der Waals surface area contributed by atoms with E-state index in [1.165, 1.54) is 5.56 Å². The van der Waals surface area contributed by atoms with Crippen molar-refractivity contribution in [1.29, 1.82) is 10.5 Å². The third-order valence-corrected chi connectivity index (χ3v) is 3.23. The van der Waals surface area contributed by atoms with Gasteiger partial charge in [0, 0.05) is 5.39 Å². The molecule has 4 nitrogen and oxygen atoms in total. The molecule has 1 aromatic heterocycles. The maximum atomic E-state index is 9.11. The van der Waals surface area contributed by atoms with Gasteiger partial charge in [-0.2, -0.15) is 15.6 Å². The molecule has 0 saturated carbocycles. The summed E-state index contributed by atoms with van der Waals surface area (Å²) >= 11 is 0. The predicted molar refractivity (Wildman–Crippen MR) is 75.2 cm³/mol. The second kappa shape index (κ2) is 4.53. The van der Waals surface area contributed by atoms with Crippen molar-refractivity contribution in [3.63, 3.8) is 0 Å². The van der Waals surface area contributed by atoms with E-state index in [0.29, 0.717) is 11.1 Å². The first-order chi connectivity index (χ1) is 9.72. The first-order valence-corrected chi connectivity index (χ1v) is 6.12. The molecule has 3 aromatic rings. The van der Waals surface area contributed by atoms with Crippen molar-refractivity contribution in [2.24, 2.45) is 0 Å². The fourth-order valence-electron chi connectivity index (χ4n) is 2.15. The molecule has 0 atom stereocenters. The molecule has 20 heavy (non-hydrogen) atoms. The molecule has 1 heterocycles. The van der Waals surface area contributed by atoms with Gasteiger partial charge in [-0.3, -0.25) is 0 Å². The SMILES string of the molecule is Cc1ccc(-n2ncc3cc(C#N)c(C#N)cc32)cc1. The summed E-state index contributed by atoms with van der Waals surface area (Å²) in [7, 11) is 0. The van der Waals surface area contributed by atoms with Gasteiger partial charge in [0.15, 0.2) is 0 Å². The fourth-order valence-corrected chi connectivity index (χ4v) is 2.15. The van der Waals surface area contributed by atoms with Crippen molar-refractivity contribution < 1.29 is 0 Å². The molecule has 4 heteroatoms. The van der Waals surface area contributed by atoms with Gasteiger partial charge in [0.1, 0.15) is 12.1 Å². The van der Waals surface area contributed by atoms with Gasteiger partial charge in [0.05, 0.1) is 28.5 Å². The van der Waals surface area contributed by atoms with Crippen LogP contribution >= 0.6 is 0 Å². The number of rotatable bonds is 1. The van der Waals surface area contributed by atoms with Gasteiger partial charge in [0.25, 0.3) is 0 Å². The zero-order valence-corrected chi connectivity index (χ0v) is 10.8. The molecule has 0 bridgehead atoms. The van der Waals surface area contributed by atoms with Crippen molar-refractivity contribution in [1.82, 2.24) is 9.78 Å². The molecule has 0 radical (unpaired) electrons. The van der Waals surface area contributed by atoms with Crippen LogP contribution in [0.4, 0.5) is 0 Å². The highest BCUT2D eigenvalue weighted by Gasteiger charge is 2.10. The number of nitriles is 2. The van der Waals surface area contributed by atoms with Crippen molar-refractivity contribution in [3.8, 4) is 17.8 Å². The van der Waals surface area contributed by atoms with E-state index in [1.54, 1.807) is 23.0 Å². The summed E-state index contributed by atoms with van der Waals surface area (Å²) in [5.41, 5.74) is 3.68. The molecule has 94 valence electrons. The Kier molecular flexibility index (Phi) is 2.71. The summed E-state index contributed by atoms with van der Waals surface area (Å²) in [5.74, 6) is 0. The average molecular weight is 258 g/mol. The fraction of sp³-hybridized carbons (Fsp3) is 0.0625. The minimum absolute atomic E-state index is 0.369. The lowest BCUT2D eigenvalue weighted by atomic mass is 10.1. The molecule has 2 aromatic carbocycles. The van der Waals surface area contributed by atoms with Crippen LogP contribution in [-0.2, 0) is 0 Å². The normalized spacial score (nSPS) is 10.2. The molecule has 0 spiro atoms. The van der Waals surface area contributed by atoms with E-state index in [4.69, 9.17) is 10.5 Å². The molecule has 0 fully saturated rings. The Balaban J connectivity index is 2.26. The number of nitrogens with zero attached hydrogens (tertiary/aromatic N) is 4. The average Bonchev–Trinajstić information content (AvgIpc) is 2.89. The highest BCUT2D eigenvalue weighted by Crippen LogP contribution is 2.22. The van der Waals surface area contributed by atoms with Crippen LogP contribution in [0.1, 0.15) is 16.7 Å². The van der Waals surface area contributed by atoms with E-state index in [1.807, 2.05) is 37.3 Å². The van der Waals surface area contributed by atoms with Crippen LogP contribution in [0.3, 0.4) is 0 Å². The molecular formula is C16H10N4. The van der Waals surface area contributed by atoms with E-state index >= 15 is 0 Å². The van der Waals surface area contributed by atoms with Gasteiger partial charge in [-0.15, -0.1) is 0 Å². The highest BCUT2D eigenvalue weighted by molar-refractivity contribution is 5.83. The summed E-state index contributed by atoms with van der Waals surface area (Å²) in [6, 6.07) is 15.5. The van der Waals surface area contributed by atoms with E-state index in [0.717, 1.165) is 16.6 Å². The molecule has 0 aliphatic heterocycles. The smallest absolute Gasteiger partial charge is 0.101 e. The minimum Gasteiger partial charge on any atom is -0.233 e. The first kappa shape index (κ1) is 12.0.